The van der Waals surface area contributed by atoms with Gasteiger partial charge in [-0.05, 0) is 35.0 Å². The smallest absolute Gasteiger partial charge is 0.125 e. The zero-order valence-corrected chi connectivity index (χ0v) is 12.1. The van der Waals surface area contributed by atoms with Gasteiger partial charge in [-0.1, -0.05) is 11.6 Å². The molecule has 18 heavy (non-hydrogen) atoms. The minimum Gasteiger partial charge on any atom is -0.379 e. The summed E-state index contributed by atoms with van der Waals surface area (Å²) >= 11 is 9.26. The van der Waals surface area contributed by atoms with E-state index in [1.165, 1.54) is 12.1 Å². The molecule has 0 fully saturated rings. The lowest BCUT2D eigenvalue weighted by atomic mass is 10.3. The summed E-state index contributed by atoms with van der Waals surface area (Å²) in [7, 11) is 0. The third-order valence-electron chi connectivity index (χ3n) is 2.49. The van der Waals surface area contributed by atoms with Gasteiger partial charge in [0.2, 0.25) is 0 Å². The molecule has 2 rings (SSSR count). The molecule has 0 aliphatic rings. The Kier molecular flexibility index (Phi) is 4.24. The number of benzene rings is 1. The Morgan fingerprint density at radius 2 is 2.28 bits per heavy atom. The minimum atomic E-state index is -0.365. The standard InChI is InChI=1S/C12H12BrClFN3/c1-2-18-7-8(6-17-18)5-16-12-10(13)3-9(15)4-11(12)14/h3-4,6-7,16H,2,5H2,1H3. The number of rotatable bonds is 4. The third kappa shape index (κ3) is 3.03. The van der Waals surface area contributed by atoms with Crippen LogP contribution in [0, 0.1) is 5.82 Å². The van der Waals surface area contributed by atoms with E-state index in [1.54, 1.807) is 6.20 Å². The van der Waals surface area contributed by atoms with Gasteiger partial charge in [0.1, 0.15) is 5.82 Å². The molecular weight excluding hydrogens is 321 g/mol. The maximum Gasteiger partial charge on any atom is 0.125 e. The number of aryl methyl sites for hydroxylation is 1. The Hall–Kier alpha value is -1.07. The number of hydrogen-bond acceptors (Lipinski definition) is 2. The lowest BCUT2D eigenvalue weighted by Gasteiger charge is -2.09. The molecule has 1 aromatic carbocycles. The molecule has 0 saturated heterocycles. The Balaban J connectivity index is 2.10. The highest BCUT2D eigenvalue weighted by molar-refractivity contribution is 9.10. The van der Waals surface area contributed by atoms with E-state index in [0.717, 1.165) is 12.1 Å². The summed E-state index contributed by atoms with van der Waals surface area (Å²) in [5, 5.41) is 7.69. The Morgan fingerprint density at radius 1 is 1.50 bits per heavy atom. The molecule has 0 atom stereocenters. The quantitative estimate of drug-likeness (QED) is 0.914. The fraction of sp³-hybridized carbons (Fsp3) is 0.250. The SMILES string of the molecule is CCn1cc(CNc2c(Cl)cc(F)cc2Br)cn1. The van der Waals surface area contributed by atoms with Crippen LogP contribution in [0.2, 0.25) is 5.02 Å². The molecule has 0 amide bonds. The monoisotopic (exact) mass is 331 g/mol. The lowest BCUT2D eigenvalue weighted by Crippen LogP contribution is -2.00. The van der Waals surface area contributed by atoms with Crippen molar-refractivity contribution in [1.82, 2.24) is 9.78 Å². The number of halogens is 3. The van der Waals surface area contributed by atoms with E-state index in [-0.39, 0.29) is 5.82 Å². The number of nitrogens with zero attached hydrogens (tertiary/aromatic N) is 2. The van der Waals surface area contributed by atoms with Crippen LogP contribution in [0.15, 0.2) is 29.0 Å². The molecular formula is C12H12BrClFN3. The zero-order chi connectivity index (χ0) is 13.1. The van der Waals surface area contributed by atoms with Crippen LogP contribution >= 0.6 is 27.5 Å². The second kappa shape index (κ2) is 5.71. The molecule has 0 saturated carbocycles. The third-order valence-corrected chi connectivity index (χ3v) is 3.41. The predicted octanol–water partition coefficient (Wildman–Crippen LogP) is 4.07. The van der Waals surface area contributed by atoms with Crippen molar-refractivity contribution in [3.05, 3.63) is 45.4 Å². The molecule has 3 nitrogen and oxygen atoms in total. The molecule has 6 heteroatoms. The molecule has 0 radical (unpaired) electrons. The second-order valence-corrected chi connectivity index (χ2v) is 5.06. The Bertz CT molecular complexity index is 533. The van der Waals surface area contributed by atoms with E-state index in [9.17, 15) is 4.39 Å². The first-order valence-corrected chi connectivity index (χ1v) is 6.67. The maximum absolute atomic E-state index is 13.1. The Labute approximate surface area is 118 Å². The van der Waals surface area contributed by atoms with Gasteiger partial charge in [0, 0.05) is 29.3 Å². The fourth-order valence-corrected chi connectivity index (χ4v) is 2.53. The number of nitrogens with one attached hydrogen (secondary N) is 1. The average molecular weight is 333 g/mol. The van der Waals surface area contributed by atoms with Gasteiger partial charge in [-0.3, -0.25) is 4.68 Å². The van der Waals surface area contributed by atoms with Gasteiger partial charge in [-0.2, -0.15) is 5.10 Å². The lowest BCUT2D eigenvalue weighted by molar-refractivity contribution is 0.627. The molecule has 0 bridgehead atoms. The van der Waals surface area contributed by atoms with Crippen LogP contribution in [0.25, 0.3) is 0 Å². The van der Waals surface area contributed by atoms with Crippen LogP contribution in [-0.4, -0.2) is 9.78 Å². The van der Waals surface area contributed by atoms with Crippen molar-refractivity contribution in [2.45, 2.75) is 20.0 Å². The summed E-state index contributed by atoms with van der Waals surface area (Å²) < 4.78 is 15.5. The topological polar surface area (TPSA) is 29.9 Å². The number of anilines is 1. The second-order valence-electron chi connectivity index (χ2n) is 3.80. The van der Waals surface area contributed by atoms with Crippen LogP contribution in [0.4, 0.5) is 10.1 Å². The van der Waals surface area contributed by atoms with Gasteiger partial charge >= 0.3 is 0 Å². The van der Waals surface area contributed by atoms with E-state index < -0.39 is 0 Å². The fourth-order valence-electron chi connectivity index (χ4n) is 1.57. The van der Waals surface area contributed by atoms with Crippen molar-refractivity contribution in [1.29, 1.82) is 0 Å². The van der Waals surface area contributed by atoms with Gasteiger partial charge < -0.3 is 5.32 Å². The van der Waals surface area contributed by atoms with E-state index in [4.69, 9.17) is 11.6 Å². The van der Waals surface area contributed by atoms with Gasteiger partial charge in [-0.25, -0.2) is 4.39 Å². The molecule has 1 aromatic heterocycles. The summed E-state index contributed by atoms with van der Waals surface area (Å²) in [6.45, 7) is 3.45. The van der Waals surface area contributed by atoms with Crippen molar-refractivity contribution < 1.29 is 4.39 Å². The van der Waals surface area contributed by atoms with Crippen LogP contribution in [0.1, 0.15) is 12.5 Å². The van der Waals surface area contributed by atoms with E-state index in [2.05, 4.69) is 26.3 Å². The van der Waals surface area contributed by atoms with Crippen molar-refractivity contribution in [2.24, 2.45) is 0 Å². The Morgan fingerprint density at radius 3 is 2.89 bits per heavy atom. The van der Waals surface area contributed by atoms with Crippen LogP contribution < -0.4 is 5.32 Å². The molecule has 96 valence electrons. The summed E-state index contributed by atoms with van der Waals surface area (Å²) in [5.74, 6) is -0.365. The maximum atomic E-state index is 13.1. The molecule has 1 heterocycles. The van der Waals surface area contributed by atoms with Gasteiger partial charge in [0.05, 0.1) is 16.9 Å². The number of aromatic nitrogens is 2. The molecule has 0 unspecified atom stereocenters. The van der Waals surface area contributed by atoms with Crippen molar-refractivity contribution >= 4 is 33.2 Å². The van der Waals surface area contributed by atoms with Crippen molar-refractivity contribution in [2.75, 3.05) is 5.32 Å². The molecule has 2 aromatic rings. The number of hydrogen-bond donors (Lipinski definition) is 1. The molecule has 0 spiro atoms. The predicted molar refractivity (Wildman–Crippen MR) is 74.3 cm³/mol. The minimum absolute atomic E-state index is 0.352. The first-order chi connectivity index (χ1) is 8.60. The molecule has 1 N–H and O–H groups in total. The van der Waals surface area contributed by atoms with Crippen molar-refractivity contribution in [3.63, 3.8) is 0 Å². The van der Waals surface area contributed by atoms with Gasteiger partial charge in [-0.15, -0.1) is 0 Å². The normalized spacial score (nSPS) is 10.7. The van der Waals surface area contributed by atoms with E-state index in [1.807, 2.05) is 17.8 Å². The summed E-state index contributed by atoms with van der Waals surface area (Å²) in [4.78, 5) is 0. The van der Waals surface area contributed by atoms with Gasteiger partial charge in [0.25, 0.3) is 0 Å². The van der Waals surface area contributed by atoms with E-state index in [0.29, 0.717) is 21.7 Å². The molecule has 0 aliphatic heterocycles. The van der Waals surface area contributed by atoms with Crippen molar-refractivity contribution in [3.8, 4) is 0 Å². The van der Waals surface area contributed by atoms with Gasteiger partial charge in [0.15, 0.2) is 0 Å². The van der Waals surface area contributed by atoms with Crippen LogP contribution in [-0.2, 0) is 13.1 Å². The summed E-state index contributed by atoms with van der Waals surface area (Å²) in [5.41, 5.74) is 1.73. The molecule has 0 aliphatic carbocycles. The first-order valence-electron chi connectivity index (χ1n) is 5.50. The van der Waals surface area contributed by atoms with Crippen LogP contribution in [0.3, 0.4) is 0 Å². The first kappa shape index (κ1) is 13.4. The average Bonchev–Trinajstić information content (AvgIpc) is 2.75. The highest BCUT2D eigenvalue weighted by Crippen LogP contribution is 2.31. The summed E-state index contributed by atoms with van der Waals surface area (Å²) in [6.07, 6.45) is 3.75. The zero-order valence-electron chi connectivity index (χ0n) is 9.75. The highest BCUT2D eigenvalue weighted by atomic mass is 79.9. The largest absolute Gasteiger partial charge is 0.379 e. The van der Waals surface area contributed by atoms with E-state index >= 15 is 0 Å². The summed E-state index contributed by atoms with van der Waals surface area (Å²) in [6, 6.07) is 2.66. The van der Waals surface area contributed by atoms with Crippen LogP contribution in [0.5, 0.6) is 0 Å². The highest BCUT2D eigenvalue weighted by Gasteiger charge is 2.08.